The van der Waals surface area contributed by atoms with Gasteiger partial charge < -0.3 is 9.47 Å². The van der Waals surface area contributed by atoms with Crippen LogP contribution in [0.25, 0.3) is 0 Å². The van der Waals surface area contributed by atoms with E-state index in [0.717, 1.165) is 34.8 Å². The van der Waals surface area contributed by atoms with Crippen molar-refractivity contribution in [1.29, 1.82) is 0 Å². The predicted octanol–water partition coefficient (Wildman–Crippen LogP) is 6.79. The summed E-state index contributed by atoms with van der Waals surface area (Å²) in [6.45, 7) is 10.9. The first kappa shape index (κ1) is 21.3. The van der Waals surface area contributed by atoms with E-state index in [1.165, 1.54) is 11.1 Å². The fourth-order valence-corrected chi connectivity index (χ4v) is 4.48. The number of nitrogens with zero attached hydrogens (tertiary/aromatic N) is 2. The Balaban J connectivity index is 1.48. The second kappa shape index (κ2) is 8.43. The number of hydrogen-bond acceptors (Lipinski definition) is 4. The van der Waals surface area contributed by atoms with Gasteiger partial charge in [-0.2, -0.15) is 5.10 Å². The fourth-order valence-electron chi connectivity index (χ4n) is 4.48. The third kappa shape index (κ3) is 4.13. The van der Waals surface area contributed by atoms with Gasteiger partial charge in [-0.05, 0) is 46.9 Å². The van der Waals surface area contributed by atoms with Gasteiger partial charge in [0.05, 0.1) is 11.8 Å². The lowest BCUT2D eigenvalue weighted by molar-refractivity contribution is -0.0190. The molecule has 0 N–H and O–H groups in total. The Bertz CT molecular complexity index is 1170. The summed E-state index contributed by atoms with van der Waals surface area (Å²) in [5, 5.41) is 7.20. The van der Waals surface area contributed by atoms with Crippen LogP contribution in [0.5, 0.6) is 11.5 Å². The van der Waals surface area contributed by atoms with Crippen LogP contribution in [0.4, 0.5) is 0 Å². The normalized spacial score (nSPS) is 19.2. The molecule has 4 nitrogen and oxygen atoms in total. The van der Waals surface area contributed by atoms with Gasteiger partial charge >= 0.3 is 0 Å². The van der Waals surface area contributed by atoms with Gasteiger partial charge in [-0.1, -0.05) is 75.9 Å². The number of ether oxygens (including phenoxy) is 2. The van der Waals surface area contributed by atoms with Gasteiger partial charge in [0.2, 0.25) is 6.23 Å². The van der Waals surface area contributed by atoms with Gasteiger partial charge in [-0.15, -0.1) is 0 Å². The molecule has 3 aromatic rings. The molecule has 168 valence electrons. The van der Waals surface area contributed by atoms with Gasteiger partial charge in [0.25, 0.3) is 0 Å². The molecule has 2 atom stereocenters. The van der Waals surface area contributed by atoms with Gasteiger partial charge in [0.1, 0.15) is 18.1 Å². The van der Waals surface area contributed by atoms with Crippen molar-refractivity contribution >= 4 is 5.71 Å². The SMILES string of the molecule is C=CCOc1ccc(C2=NN3C(C2)c2ccccc2OC3c2ccc(C(C)(C)C)cc2)cc1. The van der Waals surface area contributed by atoms with Crippen LogP contribution < -0.4 is 9.47 Å². The topological polar surface area (TPSA) is 34.1 Å². The number of fused-ring (bicyclic) bond motifs is 3. The lowest BCUT2D eigenvalue weighted by Gasteiger charge is -2.38. The first-order valence-corrected chi connectivity index (χ1v) is 11.5. The molecule has 33 heavy (non-hydrogen) atoms. The van der Waals surface area contributed by atoms with E-state index < -0.39 is 0 Å². The third-order valence-electron chi connectivity index (χ3n) is 6.32. The molecule has 0 amide bonds. The zero-order valence-electron chi connectivity index (χ0n) is 19.5. The smallest absolute Gasteiger partial charge is 0.213 e. The Kier molecular flexibility index (Phi) is 5.45. The van der Waals surface area contributed by atoms with Crippen molar-refractivity contribution in [2.24, 2.45) is 5.10 Å². The second-order valence-electron chi connectivity index (χ2n) is 9.65. The van der Waals surface area contributed by atoms with Crippen molar-refractivity contribution < 1.29 is 9.47 Å². The predicted molar refractivity (Wildman–Crippen MR) is 133 cm³/mol. The Morgan fingerprint density at radius 3 is 2.45 bits per heavy atom. The highest BCUT2D eigenvalue weighted by atomic mass is 16.5. The molecule has 0 spiro atoms. The molecular weight excluding hydrogens is 408 g/mol. The molecule has 0 saturated heterocycles. The molecule has 0 aliphatic carbocycles. The number of rotatable bonds is 5. The Morgan fingerprint density at radius 2 is 1.76 bits per heavy atom. The number of hydrazone groups is 1. The van der Waals surface area contributed by atoms with Crippen LogP contribution >= 0.6 is 0 Å². The second-order valence-corrected chi connectivity index (χ2v) is 9.65. The molecule has 0 fully saturated rings. The van der Waals surface area contributed by atoms with Crippen molar-refractivity contribution in [1.82, 2.24) is 5.01 Å². The van der Waals surface area contributed by atoms with E-state index in [1.54, 1.807) is 6.08 Å². The van der Waals surface area contributed by atoms with Crippen molar-refractivity contribution in [3.05, 3.63) is 108 Å². The zero-order chi connectivity index (χ0) is 23.0. The lowest BCUT2D eigenvalue weighted by atomic mass is 9.86. The molecule has 0 saturated carbocycles. The molecule has 3 aromatic carbocycles. The molecule has 0 aromatic heterocycles. The molecule has 0 bridgehead atoms. The average Bonchev–Trinajstić information content (AvgIpc) is 3.28. The summed E-state index contributed by atoms with van der Waals surface area (Å²) in [5.41, 5.74) is 5.89. The number of benzene rings is 3. The number of hydrogen-bond donors (Lipinski definition) is 0. The van der Waals surface area contributed by atoms with E-state index in [4.69, 9.17) is 14.6 Å². The summed E-state index contributed by atoms with van der Waals surface area (Å²) < 4.78 is 12.1. The summed E-state index contributed by atoms with van der Waals surface area (Å²) >= 11 is 0. The lowest BCUT2D eigenvalue weighted by Crippen LogP contribution is -2.33. The zero-order valence-corrected chi connectivity index (χ0v) is 19.5. The van der Waals surface area contributed by atoms with Gasteiger partial charge in [-0.3, -0.25) is 0 Å². The first-order valence-electron chi connectivity index (χ1n) is 11.5. The maximum absolute atomic E-state index is 6.49. The highest BCUT2D eigenvalue weighted by Gasteiger charge is 2.40. The minimum Gasteiger partial charge on any atom is -0.490 e. The maximum Gasteiger partial charge on any atom is 0.213 e. The standard InChI is InChI=1S/C29H30N2O2/c1-5-18-32-23-16-12-20(13-17-23)25-19-26-24-8-6-7-9-27(24)33-28(31(26)30-25)21-10-14-22(15-11-21)29(2,3)4/h5-17,26,28H,1,18-19H2,2-4H3. The van der Waals surface area contributed by atoms with E-state index in [1.807, 2.05) is 18.2 Å². The highest BCUT2D eigenvalue weighted by Crippen LogP contribution is 2.47. The Labute approximate surface area is 196 Å². The van der Waals surface area contributed by atoms with E-state index in [-0.39, 0.29) is 17.7 Å². The fraction of sp³-hybridized carbons (Fsp3) is 0.276. The van der Waals surface area contributed by atoms with E-state index in [0.29, 0.717) is 6.61 Å². The van der Waals surface area contributed by atoms with Gasteiger partial charge in [-0.25, -0.2) is 5.01 Å². The van der Waals surface area contributed by atoms with Crippen LogP contribution in [-0.4, -0.2) is 17.3 Å². The first-order chi connectivity index (χ1) is 15.9. The molecule has 2 unspecified atom stereocenters. The summed E-state index contributed by atoms with van der Waals surface area (Å²) in [5.74, 6) is 1.77. The summed E-state index contributed by atoms with van der Waals surface area (Å²) in [4.78, 5) is 0. The third-order valence-corrected chi connectivity index (χ3v) is 6.32. The molecule has 5 rings (SSSR count). The van der Waals surface area contributed by atoms with Crippen LogP contribution in [0.3, 0.4) is 0 Å². The molecule has 4 heteroatoms. The van der Waals surface area contributed by atoms with Crippen LogP contribution in [0.1, 0.15) is 61.7 Å². The molecule has 2 aliphatic heterocycles. The van der Waals surface area contributed by atoms with Crippen LogP contribution in [0, 0.1) is 0 Å². The quantitative estimate of drug-likeness (QED) is 0.411. The number of para-hydroxylation sites is 1. The Hall–Kier alpha value is -3.53. The Morgan fingerprint density at radius 1 is 1.03 bits per heavy atom. The van der Waals surface area contributed by atoms with E-state index in [2.05, 4.69) is 87.0 Å². The van der Waals surface area contributed by atoms with Gasteiger partial charge in [0, 0.05) is 17.5 Å². The van der Waals surface area contributed by atoms with Crippen LogP contribution in [0.2, 0.25) is 0 Å². The van der Waals surface area contributed by atoms with E-state index >= 15 is 0 Å². The van der Waals surface area contributed by atoms with Crippen LogP contribution in [0.15, 0.2) is 90.6 Å². The van der Waals surface area contributed by atoms with Crippen molar-refractivity contribution in [2.45, 2.75) is 44.9 Å². The highest BCUT2D eigenvalue weighted by molar-refractivity contribution is 6.02. The van der Waals surface area contributed by atoms with Gasteiger partial charge in [0.15, 0.2) is 0 Å². The summed E-state index contributed by atoms with van der Waals surface area (Å²) in [6, 6.07) is 25.4. The molecule has 0 radical (unpaired) electrons. The van der Waals surface area contributed by atoms with E-state index in [9.17, 15) is 0 Å². The monoisotopic (exact) mass is 438 g/mol. The van der Waals surface area contributed by atoms with Crippen LogP contribution in [-0.2, 0) is 5.41 Å². The largest absolute Gasteiger partial charge is 0.490 e. The molecule has 2 heterocycles. The van der Waals surface area contributed by atoms with Crippen molar-refractivity contribution in [3.8, 4) is 11.5 Å². The summed E-state index contributed by atoms with van der Waals surface area (Å²) in [7, 11) is 0. The molecular formula is C29H30N2O2. The van der Waals surface area contributed by atoms with Crippen molar-refractivity contribution in [2.75, 3.05) is 6.61 Å². The maximum atomic E-state index is 6.49. The summed E-state index contributed by atoms with van der Waals surface area (Å²) in [6.07, 6.45) is 2.33. The minimum atomic E-state index is -0.258. The van der Waals surface area contributed by atoms with Crippen molar-refractivity contribution in [3.63, 3.8) is 0 Å². The minimum absolute atomic E-state index is 0.113. The molecule has 2 aliphatic rings. The average molecular weight is 439 g/mol.